The van der Waals surface area contributed by atoms with Crippen LogP contribution >= 0.6 is 10.2 Å². The first-order valence-electron chi connectivity index (χ1n) is 10.2. The number of benzene rings is 1. The zero-order chi connectivity index (χ0) is 28.5. The van der Waals surface area contributed by atoms with Crippen molar-refractivity contribution in [3.63, 3.8) is 0 Å². The molecule has 9 nitrogen and oxygen atoms in total. The van der Waals surface area contributed by atoms with E-state index in [2.05, 4.69) is 14.3 Å². The molecule has 0 saturated carbocycles. The van der Waals surface area contributed by atoms with Crippen LogP contribution in [-0.2, 0) is 30.3 Å². The summed E-state index contributed by atoms with van der Waals surface area (Å²) in [7, 11) is -10.3. The summed E-state index contributed by atoms with van der Waals surface area (Å²) in [4.78, 5) is 35.7. The minimum absolute atomic E-state index is 0.0107. The Morgan fingerprint density at radius 1 is 1.16 bits per heavy atom. The Bertz CT molecular complexity index is 1120. The molecule has 0 saturated heterocycles. The molecule has 2 rings (SSSR count). The number of hydrogen-bond acceptors (Lipinski definition) is 8. The molecule has 0 fully saturated rings. The van der Waals surface area contributed by atoms with Gasteiger partial charge in [-0.3, -0.25) is 4.79 Å². The van der Waals surface area contributed by atoms with Crippen molar-refractivity contribution >= 4 is 28.2 Å². The van der Waals surface area contributed by atoms with Gasteiger partial charge in [0, 0.05) is 18.9 Å². The summed E-state index contributed by atoms with van der Waals surface area (Å²) in [5, 5.41) is 8.91. The minimum atomic E-state index is -10.3. The second-order valence-corrected chi connectivity index (χ2v) is 9.99. The van der Waals surface area contributed by atoms with Crippen LogP contribution < -0.4 is 4.74 Å². The third kappa shape index (κ3) is 8.09. The van der Waals surface area contributed by atoms with Crippen molar-refractivity contribution in [2.75, 3.05) is 6.61 Å². The molecule has 37 heavy (non-hydrogen) atoms. The average molecular weight is 573 g/mol. The largest absolute Gasteiger partial charge is 0.475 e. The molecular formula is C19H19F8NO8S. The van der Waals surface area contributed by atoms with E-state index in [1.54, 1.807) is 0 Å². The van der Waals surface area contributed by atoms with Gasteiger partial charge in [-0.05, 0) is 36.6 Å². The lowest BCUT2D eigenvalue weighted by Gasteiger charge is -2.41. The predicted molar refractivity (Wildman–Crippen MR) is 109 cm³/mol. The molecular weight excluding hydrogens is 554 g/mol. The molecule has 1 heterocycles. The van der Waals surface area contributed by atoms with Crippen LogP contribution in [0.5, 0.6) is 5.75 Å². The lowest BCUT2D eigenvalue weighted by Crippen LogP contribution is -2.41. The van der Waals surface area contributed by atoms with Crippen molar-refractivity contribution < 1.29 is 66.3 Å². The van der Waals surface area contributed by atoms with Crippen LogP contribution in [0.3, 0.4) is 0 Å². The standard InChI is InChI=1S/C19H19F8NO8S/c1-3-11-7-13(37(23,24,25,26)27)8-12-9-14(17(19(20,21)22)36-16(11)12)18(30)35-10(2)34-15(29)5-4-6-33-28(31)32/h7-10,17H,3-6H2,1-2H3. The maximum atomic E-state index is 13.6. The molecule has 0 N–H and O–H groups in total. The third-order valence-corrected chi connectivity index (χ3v) is 5.78. The van der Waals surface area contributed by atoms with Gasteiger partial charge < -0.3 is 19.0 Å². The number of esters is 2. The molecule has 210 valence electrons. The average Bonchev–Trinajstić information content (AvgIpc) is 2.72. The summed E-state index contributed by atoms with van der Waals surface area (Å²) in [6, 6.07) is -0.143. The van der Waals surface area contributed by atoms with Gasteiger partial charge in [-0.1, -0.05) is 26.4 Å². The minimum Gasteiger partial charge on any atom is -0.475 e. The molecule has 1 aromatic carbocycles. The summed E-state index contributed by atoms with van der Waals surface area (Å²) in [5.74, 6) is -3.67. The Morgan fingerprint density at radius 3 is 2.30 bits per heavy atom. The number of rotatable bonds is 10. The van der Waals surface area contributed by atoms with Crippen molar-refractivity contribution in [3.8, 4) is 5.75 Å². The van der Waals surface area contributed by atoms with Crippen molar-refractivity contribution in [1.29, 1.82) is 0 Å². The summed E-state index contributed by atoms with van der Waals surface area (Å²) in [6.07, 6.45) is -10.9. The van der Waals surface area contributed by atoms with Gasteiger partial charge in [0.15, 0.2) is 0 Å². The highest BCUT2D eigenvalue weighted by molar-refractivity contribution is 8.45. The lowest BCUT2D eigenvalue weighted by atomic mass is 9.98. The molecule has 18 heteroatoms. The second kappa shape index (κ2) is 9.53. The normalized spacial score (nSPS) is 18.2. The number of carbonyl (C=O) groups is 2. The summed E-state index contributed by atoms with van der Waals surface area (Å²) < 4.78 is 122. The number of carbonyl (C=O) groups excluding carboxylic acids is 2. The highest BCUT2D eigenvalue weighted by Crippen LogP contribution is 3.02. The van der Waals surface area contributed by atoms with E-state index in [4.69, 9.17) is 4.74 Å². The van der Waals surface area contributed by atoms with E-state index in [-0.39, 0.29) is 24.6 Å². The van der Waals surface area contributed by atoms with Gasteiger partial charge in [-0.25, -0.2) is 4.79 Å². The van der Waals surface area contributed by atoms with Crippen LogP contribution in [0.25, 0.3) is 6.08 Å². The first kappa shape index (κ1) is 29.9. The lowest BCUT2D eigenvalue weighted by molar-refractivity contribution is -0.757. The van der Waals surface area contributed by atoms with Crippen molar-refractivity contribution in [2.24, 2.45) is 0 Å². The van der Waals surface area contributed by atoms with Crippen LogP contribution in [0.15, 0.2) is 22.6 Å². The molecule has 2 atom stereocenters. The Kier molecular flexibility index (Phi) is 7.71. The highest BCUT2D eigenvalue weighted by atomic mass is 32.5. The van der Waals surface area contributed by atoms with E-state index < -0.39 is 92.6 Å². The van der Waals surface area contributed by atoms with Crippen LogP contribution in [0.1, 0.15) is 37.8 Å². The Hall–Kier alpha value is -3.31. The van der Waals surface area contributed by atoms with E-state index >= 15 is 0 Å². The third-order valence-electron chi connectivity index (χ3n) is 4.65. The molecule has 1 aliphatic rings. The van der Waals surface area contributed by atoms with E-state index in [0.717, 1.165) is 6.92 Å². The van der Waals surface area contributed by atoms with E-state index in [0.29, 0.717) is 0 Å². The maximum Gasteiger partial charge on any atom is 0.430 e. The van der Waals surface area contributed by atoms with Gasteiger partial charge in [0.25, 0.3) is 5.09 Å². The SMILES string of the molecule is CCc1cc(S(F)(F)(F)(F)F)cc2c1OC(C(F)(F)F)C(C(=O)OC(C)OC(=O)CCCO[N+](=O)[O-])=C2. The number of alkyl halides is 3. The number of hydrogen-bond donors (Lipinski definition) is 0. The fourth-order valence-electron chi connectivity index (χ4n) is 3.10. The van der Waals surface area contributed by atoms with E-state index in [9.17, 15) is 52.3 Å². The number of aryl methyl sites for hydroxylation is 1. The Balaban J connectivity index is 2.34. The molecule has 0 aliphatic carbocycles. The van der Waals surface area contributed by atoms with Gasteiger partial charge in [-0.2, -0.15) is 13.2 Å². The molecule has 0 radical (unpaired) electrons. The van der Waals surface area contributed by atoms with Crippen LogP contribution in [0.4, 0.5) is 32.6 Å². The van der Waals surface area contributed by atoms with E-state index in [1.807, 2.05) is 0 Å². The number of fused-ring (bicyclic) bond motifs is 1. The summed E-state index contributed by atoms with van der Waals surface area (Å²) in [5.41, 5.74) is -2.86. The first-order valence-corrected chi connectivity index (χ1v) is 12.1. The first-order chi connectivity index (χ1) is 16.6. The fraction of sp³-hybridized carbons (Fsp3) is 0.474. The molecule has 0 aromatic heterocycles. The zero-order valence-corrected chi connectivity index (χ0v) is 19.7. The van der Waals surface area contributed by atoms with Gasteiger partial charge in [-0.15, -0.1) is 10.1 Å². The van der Waals surface area contributed by atoms with Crippen LogP contribution in [0, 0.1) is 10.1 Å². The maximum absolute atomic E-state index is 13.6. The highest BCUT2D eigenvalue weighted by Gasteiger charge is 2.66. The molecule has 2 unspecified atom stereocenters. The van der Waals surface area contributed by atoms with Gasteiger partial charge >= 0.3 is 28.3 Å². The Labute approximate surface area is 203 Å². The van der Waals surface area contributed by atoms with Gasteiger partial charge in [0.05, 0.1) is 12.2 Å². The smallest absolute Gasteiger partial charge is 0.430 e. The van der Waals surface area contributed by atoms with Gasteiger partial charge in [0.1, 0.15) is 10.6 Å². The van der Waals surface area contributed by atoms with Crippen molar-refractivity contribution in [2.45, 2.75) is 56.6 Å². The molecule has 1 aromatic rings. The predicted octanol–water partition coefficient (Wildman–Crippen LogP) is 6.03. The molecule has 1 aliphatic heterocycles. The van der Waals surface area contributed by atoms with Crippen molar-refractivity contribution in [1.82, 2.24) is 0 Å². The van der Waals surface area contributed by atoms with Crippen molar-refractivity contribution in [3.05, 3.63) is 38.9 Å². The van der Waals surface area contributed by atoms with Crippen LogP contribution in [0.2, 0.25) is 0 Å². The fourth-order valence-corrected chi connectivity index (χ4v) is 3.81. The Morgan fingerprint density at radius 2 is 1.78 bits per heavy atom. The molecule has 0 spiro atoms. The number of ether oxygens (including phenoxy) is 3. The monoisotopic (exact) mass is 573 g/mol. The molecule has 0 bridgehead atoms. The molecule has 0 amide bonds. The number of nitrogens with zero attached hydrogens (tertiary/aromatic N) is 1. The topological polar surface area (TPSA) is 114 Å². The zero-order valence-electron chi connectivity index (χ0n) is 18.9. The van der Waals surface area contributed by atoms with Crippen LogP contribution in [-0.4, -0.2) is 42.2 Å². The second-order valence-electron chi connectivity index (χ2n) is 7.59. The summed E-state index contributed by atoms with van der Waals surface area (Å²) in [6.45, 7) is 1.64. The quantitative estimate of drug-likeness (QED) is 0.0832. The summed E-state index contributed by atoms with van der Waals surface area (Å²) >= 11 is 0. The van der Waals surface area contributed by atoms with E-state index in [1.165, 1.54) is 6.92 Å². The van der Waals surface area contributed by atoms with Gasteiger partial charge in [0.2, 0.25) is 12.4 Å². The number of halogens is 8.